The molecule has 3 heterocycles. The molecule has 1 amide bonds. The summed E-state index contributed by atoms with van der Waals surface area (Å²) in [4.78, 5) is 61.1. The molecule has 2 aliphatic heterocycles. The van der Waals surface area contributed by atoms with Gasteiger partial charge in [-0.05, 0) is 53.8 Å². The van der Waals surface area contributed by atoms with Crippen molar-refractivity contribution in [2.24, 2.45) is 4.99 Å². The van der Waals surface area contributed by atoms with E-state index in [1.54, 1.807) is 41.7 Å². The topological polar surface area (TPSA) is 138 Å². The first kappa shape index (κ1) is 39.3. The van der Waals surface area contributed by atoms with E-state index >= 15 is 0 Å². The lowest BCUT2D eigenvalue weighted by Crippen LogP contribution is -2.35. The minimum absolute atomic E-state index is 0.0382. The number of amides is 1. The van der Waals surface area contributed by atoms with Crippen molar-refractivity contribution in [3.05, 3.63) is 155 Å². The van der Waals surface area contributed by atoms with Crippen LogP contribution in [0.4, 0.5) is 0 Å². The summed E-state index contributed by atoms with van der Waals surface area (Å²) in [5.41, 5.74) is 5.32. The second-order valence-electron chi connectivity index (χ2n) is 12.6. The van der Waals surface area contributed by atoms with Gasteiger partial charge in [-0.2, -0.15) is 0 Å². The van der Waals surface area contributed by atoms with Crippen LogP contribution in [0.25, 0.3) is 5.70 Å². The average molecular weight is 743 g/mol. The first-order valence-electron chi connectivity index (χ1n) is 17.7. The Morgan fingerprint density at radius 1 is 0.907 bits per heavy atom. The van der Waals surface area contributed by atoms with E-state index in [1.165, 1.54) is 6.07 Å². The van der Waals surface area contributed by atoms with Crippen LogP contribution in [0.5, 0.6) is 0 Å². The van der Waals surface area contributed by atoms with Gasteiger partial charge in [0.15, 0.2) is 11.6 Å². The van der Waals surface area contributed by atoms with E-state index in [0.717, 1.165) is 39.4 Å². The fourth-order valence-corrected chi connectivity index (χ4v) is 5.99. The molecule has 3 aromatic carbocycles. The van der Waals surface area contributed by atoms with Crippen molar-refractivity contribution in [3.8, 4) is 0 Å². The second-order valence-corrected chi connectivity index (χ2v) is 13.1. The van der Waals surface area contributed by atoms with E-state index in [-0.39, 0.29) is 42.7 Å². The fraction of sp³-hybridized carbons (Fsp3) is 0.233. The normalized spacial score (nSPS) is 16.9. The smallest absolute Gasteiger partial charge is 0.306 e. The summed E-state index contributed by atoms with van der Waals surface area (Å²) in [5, 5.41) is 12.2. The zero-order valence-electron chi connectivity index (χ0n) is 29.8. The van der Waals surface area contributed by atoms with Crippen molar-refractivity contribution in [3.63, 3.8) is 0 Å². The highest BCUT2D eigenvalue weighted by atomic mass is 32.1. The number of nitrogens with one attached hydrogen (secondary N) is 1. The van der Waals surface area contributed by atoms with Gasteiger partial charge in [-0.3, -0.25) is 29.2 Å². The quantitative estimate of drug-likeness (QED) is 0.0602. The number of esters is 1. The average Bonchev–Trinajstić information content (AvgIpc) is 3.65. The van der Waals surface area contributed by atoms with Gasteiger partial charge >= 0.3 is 5.97 Å². The van der Waals surface area contributed by atoms with Crippen molar-refractivity contribution in [2.75, 3.05) is 19.7 Å². The number of aliphatic hydroxyl groups excluding tert-OH is 1. The number of allylic oxidation sites excluding steroid dienone is 2. The molecule has 0 saturated heterocycles. The van der Waals surface area contributed by atoms with Crippen LogP contribution in [0.1, 0.15) is 81.2 Å². The van der Waals surface area contributed by atoms with Gasteiger partial charge in [0.2, 0.25) is 5.91 Å². The van der Waals surface area contributed by atoms with Gasteiger partial charge in [0.1, 0.15) is 19.3 Å². The number of aliphatic hydroxyl groups is 1. The first-order chi connectivity index (χ1) is 26.3. The Balaban J connectivity index is 0.000000392. The van der Waals surface area contributed by atoms with Crippen LogP contribution in [0, 0.1) is 0 Å². The predicted molar refractivity (Wildman–Crippen MR) is 212 cm³/mol. The second kappa shape index (κ2) is 20.4. The van der Waals surface area contributed by atoms with Crippen molar-refractivity contribution < 1.29 is 29.0 Å². The molecule has 2 N–H and O–H groups in total. The third-order valence-electron chi connectivity index (χ3n) is 8.60. The maximum absolute atomic E-state index is 13.3. The highest BCUT2D eigenvalue weighted by Crippen LogP contribution is 2.23. The lowest BCUT2D eigenvalue weighted by atomic mass is 10.0. The standard InChI is InChI=1S/C34H34N2O6.C9H8N2S/c37-24-31(39)29-15-9-14-28(19-29)30(38)21-35-20-25-10-8-11-26(18-25)22-36-23-32(27-12-4-3-5-13-27)42-34(41)17-7-2-1-6-16-33(36)40;12-9-2-1-8(11-9)7-3-5-10-6-4-7/h1-5,8-15,18-20,32,37H,6-7,16-17,21-24H2;1,3-6H,2H2,(H,11,12)/b2-1+,35-20?;/t32-;/m0./s1. The molecule has 6 rings (SSSR count). The molecule has 0 bridgehead atoms. The molecule has 0 aliphatic carbocycles. The fourth-order valence-electron chi connectivity index (χ4n) is 5.80. The summed E-state index contributed by atoms with van der Waals surface area (Å²) in [6.45, 7) is -0.188. The van der Waals surface area contributed by atoms with Gasteiger partial charge in [0.05, 0.1) is 11.5 Å². The minimum atomic E-state index is -0.621. The highest BCUT2D eigenvalue weighted by Gasteiger charge is 2.24. The van der Waals surface area contributed by atoms with Crippen molar-refractivity contribution in [1.82, 2.24) is 15.2 Å². The number of cyclic esters (lactones) is 1. The highest BCUT2D eigenvalue weighted by molar-refractivity contribution is 7.80. The van der Waals surface area contributed by atoms with Gasteiger partial charge in [0, 0.05) is 66.8 Å². The van der Waals surface area contributed by atoms with Crippen LogP contribution in [0.2, 0.25) is 0 Å². The van der Waals surface area contributed by atoms with Crippen LogP contribution in [-0.4, -0.2) is 69.3 Å². The van der Waals surface area contributed by atoms with Crippen LogP contribution in [-0.2, 0) is 20.9 Å². The number of thiocarbonyl (C=S) groups is 1. The lowest BCUT2D eigenvalue weighted by Gasteiger charge is -2.28. The molecule has 1 aromatic heterocycles. The van der Waals surface area contributed by atoms with Gasteiger partial charge < -0.3 is 20.1 Å². The SMILES string of the molecule is O=C1CC/C=C/CCC(=O)N(Cc2cccc(C=NCC(=O)c3cccc(C(=O)CO)c3)c2)C[C@@H](c2ccccc2)O1.S=C1CC=C(c2ccncc2)N1. The van der Waals surface area contributed by atoms with E-state index in [2.05, 4.69) is 21.4 Å². The maximum atomic E-state index is 13.3. The molecule has 1 atom stereocenters. The molecular weight excluding hydrogens is 701 g/mol. The van der Waals surface area contributed by atoms with E-state index in [4.69, 9.17) is 22.1 Å². The minimum Gasteiger partial charge on any atom is -0.456 e. The molecule has 0 spiro atoms. The first-order valence-corrected chi connectivity index (χ1v) is 18.1. The Hall–Kier alpha value is -5.91. The molecule has 10 nitrogen and oxygen atoms in total. The Morgan fingerprint density at radius 2 is 1.63 bits per heavy atom. The van der Waals surface area contributed by atoms with Crippen molar-refractivity contribution in [2.45, 2.75) is 44.8 Å². The summed E-state index contributed by atoms with van der Waals surface area (Å²) in [6, 6.07) is 27.1. The molecule has 0 saturated carbocycles. The Labute approximate surface area is 320 Å². The van der Waals surface area contributed by atoms with E-state index in [0.29, 0.717) is 31.4 Å². The van der Waals surface area contributed by atoms with E-state index < -0.39 is 18.5 Å². The Morgan fingerprint density at radius 3 is 2.35 bits per heavy atom. The number of carbonyl (C=O) groups excluding carboxylic acids is 4. The summed E-state index contributed by atoms with van der Waals surface area (Å²) < 4.78 is 5.84. The molecule has 2 aliphatic rings. The lowest BCUT2D eigenvalue weighted by molar-refractivity contribution is -0.152. The zero-order valence-corrected chi connectivity index (χ0v) is 30.6. The monoisotopic (exact) mass is 742 g/mol. The third kappa shape index (κ3) is 12.1. The van der Waals surface area contributed by atoms with Gasteiger partial charge in [-0.15, -0.1) is 0 Å². The van der Waals surface area contributed by atoms with Crippen LogP contribution >= 0.6 is 12.2 Å². The van der Waals surface area contributed by atoms with E-state index in [1.807, 2.05) is 78.9 Å². The number of Topliss-reactive ketones (excluding diaryl/α,β-unsaturated/α-hetero) is 2. The molecule has 276 valence electrons. The number of aromatic nitrogens is 1. The van der Waals surface area contributed by atoms with Crippen LogP contribution in [0.3, 0.4) is 0 Å². The molecule has 0 radical (unpaired) electrons. The number of carbonyl (C=O) groups is 4. The molecule has 54 heavy (non-hydrogen) atoms. The third-order valence-corrected chi connectivity index (χ3v) is 8.87. The summed E-state index contributed by atoms with van der Waals surface area (Å²) in [6.07, 6.45) is 13.2. The van der Waals surface area contributed by atoms with Gasteiger partial charge in [-0.1, -0.05) is 97.2 Å². The number of rotatable bonds is 10. The van der Waals surface area contributed by atoms with Gasteiger partial charge in [-0.25, -0.2) is 0 Å². The Kier molecular flexibility index (Phi) is 14.8. The van der Waals surface area contributed by atoms with Crippen LogP contribution < -0.4 is 5.32 Å². The van der Waals surface area contributed by atoms with Crippen molar-refractivity contribution in [1.29, 1.82) is 0 Å². The van der Waals surface area contributed by atoms with Crippen LogP contribution in [0.15, 0.2) is 127 Å². The number of hydrogen-bond donors (Lipinski definition) is 2. The number of benzene rings is 3. The molecular formula is C43H42N4O6S. The number of nitrogens with zero attached hydrogens (tertiary/aromatic N) is 3. The molecule has 11 heteroatoms. The largest absolute Gasteiger partial charge is 0.456 e. The summed E-state index contributed by atoms with van der Waals surface area (Å²) in [5.74, 6) is -1.05. The summed E-state index contributed by atoms with van der Waals surface area (Å²) in [7, 11) is 0. The predicted octanol–water partition coefficient (Wildman–Crippen LogP) is 6.65. The maximum Gasteiger partial charge on any atom is 0.306 e. The van der Waals surface area contributed by atoms with Crippen molar-refractivity contribution >= 4 is 52.6 Å². The van der Waals surface area contributed by atoms with Gasteiger partial charge in [0.25, 0.3) is 0 Å². The molecule has 0 fully saturated rings. The number of ketones is 2. The summed E-state index contributed by atoms with van der Waals surface area (Å²) >= 11 is 5.02. The van der Waals surface area contributed by atoms with E-state index in [9.17, 15) is 19.2 Å². The number of ether oxygens (including phenoxy) is 1. The number of hydrogen-bond acceptors (Lipinski definition) is 9. The molecule has 0 unspecified atom stereocenters. The molecule has 4 aromatic rings. The number of aliphatic imine (C=N–C) groups is 1. The zero-order chi connectivity index (χ0) is 38.1. The Bertz CT molecular complexity index is 2030. The number of pyridine rings is 1.